The number of hydrogen-bond acceptors (Lipinski definition) is 4. The van der Waals surface area contributed by atoms with E-state index in [1.54, 1.807) is 17.4 Å². The first-order valence-electron chi connectivity index (χ1n) is 13.0. The molecule has 0 unspecified atom stereocenters. The molecule has 0 saturated heterocycles. The number of nitrogens with zero attached hydrogens (tertiary/aromatic N) is 4. The summed E-state index contributed by atoms with van der Waals surface area (Å²) in [5.74, 6) is 0.958. The summed E-state index contributed by atoms with van der Waals surface area (Å²) in [6.07, 6.45) is 23.4. The van der Waals surface area contributed by atoms with Crippen LogP contribution in [0.5, 0.6) is 0 Å². The fourth-order valence-electron chi connectivity index (χ4n) is 4.17. The summed E-state index contributed by atoms with van der Waals surface area (Å²) in [6, 6.07) is 5.61. The van der Waals surface area contributed by atoms with Gasteiger partial charge >= 0.3 is 0 Å². The fourth-order valence-corrected chi connectivity index (χ4v) is 5.62. The highest BCUT2D eigenvalue weighted by molar-refractivity contribution is 7.16. The Bertz CT molecular complexity index is 991. The van der Waals surface area contributed by atoms with E-state index < -0.39 is 0 Å². The van der Waals surface area contributed by atoms with Gasteiger partial charge in [0, 0.05) is 22.9 Å². The summed E-state index contributed by atoms with van der Waals surface area (Å²) >= 11 is 13.8. The van der Waals surface area contributed by atoms with Gasteiger partial charge in [0.1, 0.15) is 5.01 Å². The molecular formula is C27H38Cl2N4S. The minimum Gasteiger partial charge on any atom is -0.187 e. The minimum absolute atomic E-state index is 0.648. The lowest BCUT2D eigenvalue weighted by atomic mass is 10.1. The van der Waals surface area contributed by atoms with Crippen LogP contribution in [-0.4, -0.2) is 19.8 Å². The third kappa shape index (κ3) is 9.67. The number of unbranched alkanes of at least 4 members (excludes halogenated alkanes) is 11. The molecule has 7 heteroatoms. The van der Waals surface area contributed by atoms with Gasteiger partial charge in [-0.15, -0.1) is 10.2 Å². The van der Waals surface area contributed by atoms with Gasteiger partial charge in [0.2, 0.25) is 4.96 Å². The van der Waals surface area contributed by atoms with Crippen LogP contribution in [0, 0.1) is 0 Å². The molecular weight excluding hydrogens is 483 g/mol. The van der Waals surface area contributed by atoms with Gasteiger partial charge in [-0.3, -0.25) is 0 Å². The molecule has 0 aliphatic rings. The minimum atomic E-state index is 0.648. The van der Waals surface area contributed by atoms with Crippen molar-refractivity contribution in [2.45, 2.75) is 103 Å². The Hall–Kier alpha value is -1.43. The first kappa shape index (κ1) is 27.2. The number of halogens is 2. The zero-order valence-electron chi connectivity index (χ0n) is 20.4. The molecule has 0 radical (unpaired) electrons. The Morgan fingerprint density at radius 2 is 1.41 bits per heavy atom. The van der Waals surface area contributed by atoms with Crippen LogP contribution < -0.4 is 0 Å². The zero-order valence-corrected chi connectivity index (χ0v) is 22.8. The Kier molecular flexibility index (Phi) is 12.4. The van der Waals surface area contributed by atoms with E-state index in [9.17, 15) is 0 Å². The van der Waals surface area contributed by atoms with Crippen LogP contribution in [-0.2, 0) is 12.8 Å². The molecule has 0 spiro atoms. The van der Waals surface area contributed by atoms with Crippen LogP contribution in [0.25, 0.3) is 4.96 Å². The van der Waals surface area contributed by atoms with Gasteiger partial charge in [0.15, 0.2) is 5.82 Å². The van der Waals surface area contributed by atoms with Gasteiger partial charge in [0.25, 0.3) is 0 Å². The second-order valence-electron chi connectivity index (χ2n) is 9.10. The van der Waals surface area contributed by atoms with E-state index in [1.807, 2.05) is 16.6 Å². The number of allylic oxidation sites excluding steroid dienone is 2. The number of aryl methyl sites for hydroxylation is 1. The Labute approximate surface area is 218 Å². The van der Waals surface area contributed by atoms with Gasteiger partial charge in [0.05, 0.1) is 0 Å². The maximum Gasteiger partial charge on any atom is 0.234 e. The summed E-state index contributed by atoms with van der Waals surface area (Å²) in [6.45, 7) is 2.27. The van der Waals surface area contributed by atoms with E-state index in [0.717, 1.165) is 34.2 Å². The third-order valence-electron chi connectivity index (χ3n) is 6.04. The molecule has 3 aromatic rings. The molecule has 0 saturated carbocycles. The maximum absolute atomic E-state index is 6.12. The van der Waals surface area contributed by atoms with Gasteiger partial charge in [-0.2, -0.15) is 9.61 Å². The van der Waals surface area contributed by atoms with Crippen molar-refractivity contribution < 1.29 is 0 Å². The lowest BCUT2D eigenvalue weighted by Crippen LogP contribution is -1.98. The van der Waals surface area contributed by atoms with Gasteiger partial charge in [-0.1, -0.05) is 105 Å². The Balaban J connectivity index is 1.27. The van der Waals surface area contributed by atoms with Crippen molar-refractivity contribution in [1.82, 2.24) is 19.8 Å². The van der Waals surface area contributed by atoms with Gasteiger partial charge in [-0.05, 0) is 55.9 Å². The second-order valence-corrected chi connectivity index (χ2v) is 11.0. The lowest BCUT2D eigenvalue weighted by Gasteiger charge is -2.01. The number of hydrogen-bond donors (Lipinski definition) is 0. The van der Waals surface area contributed by atoms with Crippen molar-refractivity contribution in [3.8, 4) is 0 Å². The quantitative estimate of drug-likeness (QED) is 0.131. The SMILES string of the molecule is CCCCCCCCC=CCCCCCCCc1nnc2sc(Cc3cc(Cl)cc(Cl)c3)nn12. The largest absolute Gasteiger partial charge is 0.234 e. The first-order valence-corrected chi connectivity index (χ1v) is 14.5. The van der Waals surface area contributed by atoms with Crippen LogP contribution in [0.1, 0.15) is 107 Å². The summed E-state index contributed by atoms with van der Waals surface area (Å²) in [4.78, 5) is 0.853. The fraction of sp³-hybridized carbons (Fsp3) is 0.593. The highest BCUT2D eigenvalue weighted by Gasteiger charge is 2.12. The maximum atomic E-state index is 6.12. The normalized spacial score (nSPS) is 11.9. The molecule has 0 aliphatic carbocycles. The van der Waals surface area contributed by atoms with E-state index >= 15 is 0 Å². The van der Waals surface area contributed by atoms with E-state index in [4.69, 9.17) is 28.3 Å². The van der Waals surface area contributed by atoms with Crippen molar-refractivity contribution in [3.05, 3.63) is 56.8 Å². The van der Waals surface area contributed by atoms with Crippen molar-refractivity contribution >= 4 is 39.5 Å². The van der Waals surface area contributed by atoms with E-state index in [-0.39, 0.29) is 0 Å². The summed E-state index contributed by atoms with van der Waals surface area (Å²) < 4.78 is 1.90. The zero-order chi connectivity index (χ0) is 24.0. The number of rotatable bonds is 17. The second kappa shape index (κ2) is 15.5. The molecule has 0 fully saturated rings. The summed E-state index contributed by atoms with van der Waals surface area (Å²) in [5, 5.41) is 15.7. The molecule has 2 aromatic heterocycles. The average Bonchev–Trinajstić information content (AvgIpc) is 3.36. The molecule has 3 rings (SSSR count). The predicted octanol–water partition coefficient (Wildman–Crippen LogP) is 9.27. The van der Waals surface area contributed by atoms with Crippen molar-refractivity contribution in [2.75, 3.05) is 0 Å². The summed E-state index contributed by atoms with van der Waals surface area (Å²) in [5.41, 5.74) is 1.06. The smallest absolute Gasteiger partial charge is 0.187 e. The van der Waals surface area contributed by atoms with Crippen LogP contribution in [0.3, 0.4) is 0 Å². The molecule has 0 amide bonds. The number of benzene rings is 1. The highest BCUT2D eigenvalue weighted by Crippen LogP contribution is 2.23. The molecule has 0 aliphatic heterocycles. The first-order chi connectivity index (χ1) is 16.7. The van der Waals surface area contributed by atoms with Gasteiger partial charge in [-0.25, -0.2) is 0 Å². The van der Waals surface area contributed by atoms with Crippen molar-refractivity contribution in [3.63, 3.8) is 0 Å². The van der Waals surface area contributed by atoms with Crippen LogP contribution in [0.2, 0.25) is 10.0 Å². The topological polar surface area (TPSA) is 43.1 Å². The highest BCUT2D eigenvalue weighted by atomic mass is 35.5. The molecule has 186 valence electrons. The monoisotopic (exact) mass is 520 g/mol. The van der Waals surface area contributed by atoms with Crippen LogP contribution in [0.15, 0.2) is 30.4 Å². The number of fused-ring (bicyclic) bond motifs is 1. The molecule has 0 bridgehead atoms. The molecule has 0 atom stereocenters. The Morgan fingerprint density at radius 1 is 0.794 bits per heavy atom. The van der Waals surface area contributed by atoms with Crippen molar-refractivity contribution in [2.24, 2.45) is 0 Å². The molecule has 4 nitrogen and oxygen atoms in total. The standard InChI is InChI=1S/C27H38Cl2N4S/c1-2-3-4-5-6-7-8-9-10-11-12-13-14-15-16-17-25-30-31-27-33(25)32-26(34-27)20-22-18-23(28)21-24(29)19-22/h9-10,18-19,21H,2-8,11-17,20H2,1H3. The van der Waals surface area contributed by atoms with E-state index in [1.165, 1.54) is 77.0 Å². The Morgan fingerprint density at radius 3 is 2.09 bits per heavy atom. The average molecular weight is 522 g/mol. The predicted molar refractivity (Wildman–Crippen MR) is 146 cm³/mol. The summed E-state index contributed by atoms with van der Waals surface area (Å²) in [7, 11) is 0. The van der Waals surface area contributed by atoms with E-state index in [0.29, 0.717) is 16.5 Å². The van der Waals surface area contributed by atoms with E-state index in [2.05, 4.69) is 29.3 Å². The molecule has 1 aromatic carbocycles. The third-order valence-corrected chi connectivity index (χ3v) is 7.37. The molecule has 34 heavy (non-hydrogen) atoms. The van der Waals surface area contributed by atoms with Crippen LogP contribution in [0.4, 0.5) is 0 Å². The molecule has 0 N–H and O–H groups in total. The lowest BCUT2D eigenvalue weighted by molar-refractivity contribution is 0.602. The van der Waals surface area contributed by atoms with Crippen molar-refractivity contribution in [1.29, 1.82) is 0 Å². The number of aromatic nitrogens is 4. The molecule has 2 heterocycles. The van der Waals surface area contributed by atoms with Gasteiger partial charge < -0.3 is 0 Å². The van der Waals surface area contributed by atoms with Crippen LogP contribution >= 0.6 is 34.5 Å².